The predicted octanol–water partition coefficient (Wildman–Crippen LogP) is 0.557. The van der Waals surface area contributed by atoms with Crippen LogP contribution in [0, 0.1) is 5.41 Å². The molecule has 3 fully saturated rings. The van der Waals surface area contributed by atoms with E-state index in [0.717, 1.165) is 38.9 Å². The van der Waals surface area contributed by atoms with Crippen LogP contribution in [0.25, 0.3) is 0 Å². The molecule has 3 aliphatic rings. The number of carboxylic acids is 1. The second-order valence-electron chi connectivity index (χ2n) is 3.68. The van der Waals surface area contributed by atoms with Crippen LogP contribution in [0.4, 0.5) is 0 Å². The van der Waals surface area contributed by atoms with Crippen LogP contribution in [0.15, 0.2) is 0 Å². The molecule has 0 aliphatic carbocycles. The number of aliphatic carboxylic acids is 1. The lowest BCUT2D eigenvalue weighted by Crippen LogP contribution is -2.51. The summed E-state index contributed by atoms with van der Waals surface area (Å²) < 4.78 is 0. The summed E-state index contributed by atoms with van der Waals surface area (Å²) in [6, 6.07) is 0. The Morgan fingerprint density at radius 3 is 1.91 bits per heavy atom. The summed E-state index contributed by atoms with van der Waals surface area (Å²) in [6.45, 7) is 2.98. The van der Waals surface area contributed by atoms with Crippen LogP contribution in [-0.2, 0) is 4.79 Å². The van der Waals surface area contributed by atoms with Crippen LogP contribution in [0.2, 0.25) is 0 Å². The molecular weight excluding hydrogens is 142 g/mol. The van der Waals surface area contributed by atoms with E-state index in [1.165, 1.54) is 0 Å². The van der Waals surface area contributed by atoms with Gasteiger partial charge < -0.3 is 10.0 Å². The second-order valence-corrected chi connectivity index (χ2v) is 3.68. The largest absolute Gasteiger partial charge is 0.481 e. The van der Waals surface area contributed by atoms with Crippen LogP contribution in [0.1, 0.15) is 19.3 Å². The molecule has 0 amide bonds. The number of hydrogen-bond donors (Lipinski definition) is 1. The first kappa shape index (κ1) is 7.10. The summed E-state index contributed by atoms with van der Waals surface area (Å²) in [5.74, 6) is -0.572. The fraction of sp³-hybridized carbons (Fsp3) is 0.875. The summed E-state index contributed by atoms with van der Waals surface area (Å²) >= 11 is 0. The molecule has 11 heavy (non-hydrogen) atoms. The van der Waals surface area contributed by atoms with Gasteiger partial charge in [-0.05, 0) is 38.9 Å². The third-order valence-corrected chi connectivity index (χ3v) is 3.17. The van der Waals surface area contributed by atoms with E-state index in [1.807, 2.05) is 0 Å². The van der Waals surface area contributed by atoms with Gasteiger partial charge in [-0.3, -0.25) is 4.79 Å². The molecule has 3 rings (SSSR count). The summed E-state index contributed by atoms with van der Waals surface area (Å²) in [5.41, 5.74) is -0.339. The molecule has 0 spiro atoms. The highest BCUT2D eigenvalue weighted by atomic mass is 16.4. The molecule has 3 aliphatic heterocycles. The van der Waals surface area contributed by atoms with Gasteiger partial charge in [-0.1, -0.05) is 0 Å². The van der Waals surface area contributed by atoms with Crippen molar-refractivity contribution in [1.29, 1.82) is 0 Å². The van der Waals surface area contributed by atoms with Crippen LogP contribution in [0.3, 0.4) is 0 Å². The zero-order valence-corrected chi connectivity index (χ0v) is 6.55. The fourth-order valence-electron chi connectivity index (χ4n) is 2.15. The molecule has 0 aromatic heterocycles. The standard InChI is InChI=1S/C8H13NO2/c10-7(11)8-1-4-9(5-2-8)6-3-8/h1-6H2,(H,10,11). The van der Waals surface area contributed by atoms with E-state index in [0.29, 0.717) is 0 Å². The van der Waals surface area contributed by atoms with Gasteiger partial charge in [0.15, 0.2) is 0 Å². The van der Waals surface area contributed by atoms with Crippen molar-refractivity contribution in [2.75, 3.05) is 19.6 Å². The van der Waals surface area contributed by atoms with E-state index in [4.69, 9.17) is 5.11 Å². The average molecular weight is 155 g/mol. The first-order chi connectivity index (χ1) is 5.23. The third-order valence-electron chi connectivity index (χ3n) is 3.17. The van der Waals surface area contributed by atoms with E-state index < -0.39 is 5.97 Å². The zero-order chi connectivity index (χ0) is 7.90. The van der Waals surface area contributed by atoms with Crippen molar-refractivity contribution >= 4 is 5.97 Å². The minimum Gasteiger partial charge on any atom is -0.481 e. The third kappa shape index (κ3) is 0.948. The lowest BCUT2D eigenvalue weighted by atomic mass is 9.72. The van der Waals surface area contributed by atoms with Gasteiger partial charge in [0.1, 0.15) is 0 Å². The zero-order valence-electron chi connectivity index (χ0n) is 6.55. The highest BCUT2D eigenvalue weighted by molar-refractivity contribution is 5.75. The van der Waals surface area contributed by atoms with Crippen molar-refractivity contribution in [1.82, 2.24) is 4.90 Å². The molecule has 0 unspecified atom stereocenters. The Morgan fingerprint density at radius 2 is 1.64 bits per heavy atom. The Balaban J connectivity index is 2.18. The Morgan fingerprint density at radius 1 is 1.18 bits per heavy atom. The van der Waals surface area contributed by atoms with E-state index in [-0.39, 0.29) is 5.41 Å². The van der Waals surface area contributed by atoms with Crippen LogP contribution >= 0.6 is 0 Å². The Kier molecular flexibility index (Phi) is 1.42. The summed E-state index contributed by atoms with van der Waals surface area (Å²) in [7, 11) is 0. The first-order valence-corrected chi connectivity index (χ1v) is 4.19. The van der Waals surface area contributed by atoms with Crippen LogP contribution in [0.5, 0.6) is 0 Å². The summed E-state index contributed by atoms with van der Waals surface area (Å²) in [6.07, 6.45) is 2.59. The van der Waals surface area contributed by atoms with Crippen molar-refractivity contribution in [2.45, 2.75) is 19.3 Å². The van der Waals surface area contributed by atoms with Crippen LogP contribution in [-0.4, -0.2) is 35.6 Å². The molecule has 3 saturated heterocycles. The SMILES string of the molecule is O=C(O)C12CCN(CC1)CC2. The van der Waals surface area contributed by atoms with E-state index in [9.17, 15) is 4.79 Å². The highest BCUT2D eigenvalue weighted by Gasteiger charge is 2.45. The number of hydrogen-bond acceptors (Lipinski definition) is 2. The molecule has 0 saturated carbocycles. The Bertz CT molecular complexity index is 169. The van der Waals surface area contributed by atoms with E-state index in [1.54, 1.807) is 0 Å². The van der Waals surface area contributed by atoms with Crippen molar-refractivity contribution in [3.8, 4) is 0 Å². The number of carbonyl (C=O) groups is 1. The second kappa shape index (κ2) is 2.21. The molecule has 0 atom stereocenters. The van der Waals surface area contributed by atoms with Gasteiger partial charge in [-0.2, -0.15) is 0 Å². The lowest BCUT2D eigenvalue weighted by Gasteiger charge is -2.45. The molecule has 0 aromatic carbocycles. The number of carboxylic acid groups (broad SMARTS) is 1. The molecular formula is C8H13NO2. The number of piperidine rings is 3. The Hall–Kier alpha value is -0.570. The van der Waals surface area contributed by atoms with Gasteiger partial charge in [-0.25, -0.2) is 0 Å². The van der Waals surface area contributed by atoms with Gasteiger partial charge in [0.2, 0.25) is 0 Å². The minimum absolute atomic E-state index is 0.339. The molecule has 3 heteroatoms. The van der Waals surface area contributed by atoms with Gasteiger partial charge in [0.25, 0.3) is 0 Å². The van der Waals surface area contributed by atoms with Gasteiger partial charge in [0.05, 0.1) is 5.41 Å². The predicted molar refractivity (Wildman–Crippen MR) is 40.4 cm³/mol. The molecule has 1 N–H and O–H groups in total. The topological polar surface area (TPSA) is 40.5 Å². The van der Waals surface area contributed by atoms with E-state index >= 15 is 0 Å². The Labute approximate surface area is 66.0 Å². The van der Waals surface area contributed by atoms with Crippen molar-refractivity contribution in [3.63, 3.8) is 0 Å². The molecule has 62 valence electrons. The normalized spacial score (nSPS) is 42.4. The van der Waals surface area contributed by atoms with Crippen molar-refractivity contribution < 1.29 is 9.90 Å². The first-order valence-electron chi connectivity index (χ1n) is 4.19. The number of fused-ring (bicyclic) bond motifs is 3. The molecule has 0 aromatic rings. The quantitative estimate of drug-likeness (QED) is 0.601. The van der Waals surface area contributed by atoms with Crippen molar-refractivity contribution in [2.24, 2.45) is 5.41 Å². The van der Waals surface area contributed by atoms with Crippen LogP contribution < -0.4 is 0 Å². The van der Waals surface area contributed by atoms with Gasteiger partial charge in [-0.15, -0.1) is 0 Å². The smallest absolute Gasteiger partial charge is 0.309 e. The fourth-order valence-corrected chi connectivity index (χ4v) is 2.15. The monoisotopic (exact) mass is 155 g/mol. The maximum atomic E-state index is 10.9. The minimum atomic E-state index is -0.572. The highest BCUT2D eigenvalue weighted by Crippen LogP contribution is 2.39. The van der Waals surface area contributed by atoms with E-state index in [2.05, 4.69) is 4.90 Å². The maximum Gasteiger partial charge on any atom is 0.309 e. The van der Waals surface area contributed by atoms with Gasteiger partial charge >= 0.3 is 5.97 Å². The lowest BCUT2D eigenvalue weighted by molar-refractivity contribution is -0.156. The maximum absolute atomic E-state index is 10.9. The molecule has 0 radical (unpaired) electrons. The molecule has 3 heterocycles. The summed E-state index contributed by atoms with van der Waals surface area (Å²) in [4.78, 5) is 13.3. The summed E-state index contributed by atoms with van der Waals surface area (Å²) in [5, 5.41) is 8.99. The number of rotatable bonds is 1. The van der Waals surface area contributed by atoms with Crippen molar-refractivity contribution in [3.05, 3.63) is 0 Å². The van der Waals surface area contributed by atoms with Gasteiger partial charge in [0, 0.05) is 0 Å². The number of nitrogens with zero attached hydrogens (tertiary/aromatic N) is 1. The molecule has 2 bridgehead atoms. The average Bonchev–Trinajstić information content (AvgIpc) is 2.08. The molecule has 3 nitrogen and oxygen atoms in total.